The number of benzene rings is 2. The molecule has 0 fully saturated rings. The van der Waals surface area contributed by atoms with Crippen molar-refractivity contribution in [2.45, 2.75) is 51.4 Å². The topological polar surface area (TPSA) is 65.8 Å². The molecule has 1 N–H and O–H groups in total. The van der Waals surface area contributed by atoms with Crippen LogP contribution in [0.25, 0.3) is 0 Å². The van der Waals surface area contributed by atoms with Crippen LogP contribution < -0.4 is 10.4 Å². The van der Waals surface area contributed by atoms with E-state index >= 15 is 0 Å². The first-order valence-corrected chi connectivity index (χ1v) is 11.2. The molecule has 0 radical (unpaired) electrons. The van der Waals surface area contributed by atoms with Crippen LogP contribution in [0.1, 0.15) is 59.9 Å². The highest BCUT2D eigenvalue weighted by Crippen LogP contribution is 2.39. The molecule has 32 heavy (non-hydrogen) atoms. The molecule has 2 aliphatic rings. The van der Waals surface area contributed by atoms with E-state index in [1.807, 2.05) is 43.0 Å². The minimum atomic E-state index is -0.546. The van der Waals surface area contributed by atoms with Crippen molar-refractivity contribution >= 4 is 5.91 Å². The number of aromatic nitrogens is 1. The van der Waals surface area contributed by atoms with Gasteiger partial charge in [0.15, 0.2) is 11.4 Å². The Morgan fingerprint density at radius 1 is 0.969 bits per heavy atom. The molecule has 164 valence electrons. The van der Waals surface area contributed by atoms with Crippen LogP contribution in [0.3, 0.4) is 0 Å². The van der Waals surface area contributed by atoms with Crippen LogP contribution >= 0.6 is 0 Å². The number of pyridine rings is 1. The largest absolute Gasteiger partial charge is 0.502 e. The van der Waals surface area contributed by atoms with Gasteiger partial charge in [-0.15, -0.1) is 0 Å². The van der Waals surface area contributed by atoms with E-state index in [2.05, 4.69) is 35.3 Å². The van der Waals surface area contributed by atoms with E-state index in [4.69, 9.17) is 0 Å². The average molecular weight is 430 g/mol. The third-order valence-corrected chi connectivity index (χ3v) is 6.56. The number of aryl methyl sites for hydroxylation is 1. The Kier molecular flexibility index (Phi) is 5.00. The van der Waals surface area contributed by atoms with Gasteiger partial charge >= 0.3 is 0 Å². The number of hydrogen-bond donors (Lipinski definition) is 1. The first-order chi connectivity index (χ1) is 15.5. The van der Waals surface area contributed by atoms with E-state index in [0.717, 1.165) is 24.8 Å². The molecule has 1 aromatic heterocycles. The number of nitrogens with zero attached hydrogens (tertiary/aromatic N) is 3. The third-order valence-electron chi connectivity index (χ3n) is 6.56. The molecule has 2 unspecified atom stereocenters. The second-order valence-electron chi connectivity index (χ2n) is 8.79. The SMILES string of the molecule is CC(C)N1C(=O)c2c(O)c(=O)ccn2N2C(c3ccccc3)c3ccccc3CCCC12. The summed E-state index contributed by atoms with van der Waals surface area (Å²) in [5.74, 6) is -0.805. The molecule has 1 amide bonds. The van der Waals surface area contributed by atoms with Crippen LogP contribution in [-0.4, -0.2) is 32.8 Å². The van der Waals surface area contributed by atoms with Gasteiger partial charge in [-0.3, -0.25) is 19.3 Å². The van der Waals surface area contributed by atoms with E-state index in [9.17, 15) is 14.7 Å². The molecular weight excluding hydrogens is 402 g/mol. The molecule has 6 nitrogen and oxygen atoms in total. The molecule has 3 aromatic rings. The van der Waals surface area contributed by atoms with E-state index in [-0.39, 0.29) is 29.9 Å². The standard InChI is InChI=1S/C26H27N3O3/c1-17(2)28-22-14-8-12-18-9-6-7-13-20(18)23(19-10-4-3-5-11-19)29(22)27-16-15-21(30)25(31)24(27)26(28)32/h3-7,9-11,13,15-17,22-23,31H,8,12,14H2,1-2H3. The van der Waals surface area contributed by atoms with Crippen LogP contribution in [0.2, 0.25) is 0 Å². The zero-order valence-corrected chi connectivity index (χ0v) is 18.3. The number of amides is 1. The summed E-state index contributed by atoms with van der Waals surface area (Å²) in [6, 6.07) is 19.7. The van der Waals surface area contributed by atoms with Crippen LogP contribution in [0.15, 0.2) is 71.7 Å². The second kappa shape index (κ2) is 7.86. The zero-order chi connectivity index (χ0) is 22.4. The average Bonchev–Trinajstić information content (AvgIpc) is 2.78. The maximum atomic E-state index is 13.6. The van der Waals surface area contributed by atoms with Gasteiger partial charge in [0.05, 0.1) is 6.04 Å². The first-order valence-electron chi connectivity index (χ1n) is 11.2. The lowest BCUT2D eigenvalue weighted by atomic mass is 9.88. The predicted molar refractivity (Wildman–Crippen MR) is 123 cm³/mol. The fraction of sp³-hybridized carbons (Fsp3) is 0.308. The van der Waals surface area contributed by atoms with Crippen molar-refractivity contribution in [2.75, 3.05) is 5.01 Å². The molecule has 0 bridgehead atoms. The van der Waals surface area contributed by atoms with Gasteiger partial charge in [-0.1, -0.05) is 54.6 Å². The van der Waals surface area contributed by atoms with E-state index in [0.29, 0.717) is 0 Å². The monoisotopic (exact) mass is 429 g/mol. The Labute approximate surface area is 187 Å². The Morgan fingerprint density at radius 3 is 2.44 bits per heavy atom. The van der Waals surface area contributed by atoms with Gasteiger partial charge in [0.25, 0.3) is 5.91 Å². The second-order valence-corrected chi connectivity index (χ2v) is 8.79. The first kappa shape index (κ1) is 20.4. The summed E-state index contributed by atoms with van der Waals surface area (Å²) < 4.78 is 1.71. The minimum absolute atomic E-state index is 0.0291. The summed E-state index contributed by atoms with van der Waals surface area (Å²) in [5.41, 5.74) is 3.02. The van der Waals surface area contributed by atoms with E-state index in [1.165, 1.54) is 17.2 Å². The Bertz CT molecular complexity index is 1220. The molecule has 3 heterocycles. The quantitative estimate of drug-likeness (QED) is 0.673. The van der Waals surface area contributed by atoms with Gasteiger partial charge in [-0.2, -0.15) is 0 Å². The van der Waals surface area contributed by atoms with Crippen LogP contribution in [0, 0.1) is 0 Å². The molecule has 6 heteroatoms. The van der Waals surface area contributed by atoms with E-state index in [1.54, 1.807) is 10.9 Å². The molecule has 0 saturated heterocycles. The Morgan fingerprint density at radius 2 is 1.69 bits per heavy atom. The van der Waals surface area contributed by atoms with Crippen molar-refractivity contribution in [3.8, 4) is 5.75 Å². The highest BCUT2D eigenvalue weighted by Gasteiger charge is 2.44. The lowest BCUT2D eigenvalue weighted by Crippen LogP contribution is -2.64. The van der Waals surface area contributed by atoms with Gasteiger partial charge in [0.1, 0.15) is 6.17 Å². The number of carbonyl (C=O) groups is 1. The van der Waals surface area contributed by atoms with Gasteiger partial charge in [0, 0.05) is 18.3 Å². The van der Waals surface area contributed by atoms with Gasteiger partial charge < -0.3 is 10.0 Å². The van der Waals surface area contributed by atoms with Gasteiger partial charge in [-0.05, 0) is 49.8 Å². The molecule has 2 aliphatic heterocycles. The maximum absolute atomic E-state index is 13.6. The number of rotatable bonds is 2. The summed E-state index contributed by atoms with van der Waals surface area (Å²) in [7, 11) is 0. The van der Waals surface area contributed by atoms with Crippen LogP contribution in [0.4, 0.5) is 0 Å². The smallest absolute Gasteiger partial charge is 0.278 e. The lowest BCUT2D eigenvalue weighted by molar-refractivity contribution is 0.0440. The molecular formula is C26H27N3O3. The van der Waals surface area contributed by atoms with Crippen molar-refractivity contribution in [1.29, 1.82) is 0 Å². The van der Waals surface area contributed by atoms with Crippen molar-refractivity contribution in [1.82, 2.24) is 9.58 Å². The molecule has 0 saturated carbocycles. The van der Waals surface area contributed by atoms with Crippen molar-refractivity contribution in [3.05, 3.63) is 99.5 Å². The van der Waals surface area contributed by atoms with E-state index < -0.39 is 11.2 Å². The lowest BCUT2D eigenvalue weighted by Gasteiger charge is -2.52. The van der Waals surface area contributed by atoms with Gasteiger partial charge in [0.2, 0.25) is 5.43 Å². The van der Waals surface area contributed by atoms with Crippen molar-refractivity contribution < 1.29 is 9.90 Å². The molecule has 2 atom stereocenters. The third kappa shape index (κ3) is 3.09. The van der Waals surface area contributed by atoms with Crippen molar-refractivity contribution in [2.24, 2.45) is 0 Å². The Balaban J connectivity index is 1.84. The highest BCUT2D eigenvalue weighted by molar-refractivity contribution is 5.96. The maximum Gasteiger partial charge on any atom is 0.278 e. The summed E-state index contributed by atoms with van der Waals surface area (Å²) in [6.07, 6.45) is 4.06. The molecule has 0 spiro atoms. The molecule has 0 aliphatic carbocycles. The molecule has 5 rings (SSSR count). The van der Waals surface area contributed by atoms with Gasteiger partial charge in [-0.25, -0.2) is 0 Å². The summed E-state index contributed by atoms with van der Waals surface area (Å²) >= 11 is 0. The predicted octanol–water partition coefficient (Wildman–Crippen LogP) is 3.81. The summed E-state index contributed by atoms with van der Waals surface area (Å²) in [6.45, 7) is 3.96. The zero-order valence-electron chi connectivity index (χ0n) is 18.3. The summed E-state index contributed by atoms with van der Waals surface area (Å²) in [5, 5.41) is 12.8. The fourth-order valence-corrected chi connectivity index (χ4v) is 5.20. The van der Waals surface area contributed by atoms with Crippen LogP contribution in [-0.2, 0) is 6.42 Å². The van der Waals surface area contributed by atoms with Crippen LogP contribution in [0.5, 0.6) is 5.75 Å². The van der Waals surface area contributed by atoms with Crippen molar-refractivity contribution in [3.63, 3.8) is 0 Å². The number of aromatic hydroxyl groups is 1. The summed E-state index contributed by atoms with van der Waals surface area (Å²) in [4.78, 5) is 27.7. The number of fused-ring (bicyclic) bond motifs is 4. The number of carbonyl (C=O) groups excluding carboxylic acids is 1. The minimum Gasteiger partial charge on any atom is -0.502 e. The molecule has 2 aromatic carbocycles. The fourth-order valence-electron chi connectivity index (χ4n) is 5.20. The Hall–Kier alpha value is -3.54. The normalized spacial score (nSPS) is 20.3. The highest BCUT2D eigenvalue weighted by atomic mass is 16.3. The number of hydrogen-bond acceptors (Lipinski definition) is 4.